The number of halogens is 2. The van der Waals surface area contributed by atoms with Crippen LogP contribution >= 0.6 is 0 Å². The molecule has 0 fully saturated rings. The summed E-state index contributed by atoms with van der Waals surface area (Å²) in [4.78, 5) is 22.3. The number of carbonyl (C=O) groups excluding carboxylic acids is 2. The summed E-state index contributed by atoms with van der Waals surface area (Å²) in [6.45, 7) is 4.77. The topological polar surface area (TPSA) is 55.4 Å². The standard InChI is InChI=1S/C15H17F2NO3/c1-9(2)18-14(20)7-5-11-4-6-13(21-10(3)19)12(8-11)15(16)17/h4-9,15H,1-3H3,(H,18,20)/b7-5+. The third-order valence-corrected chi connectivity index (χ3v) is 2.38. The Kier molecular flexibility index (Phi) is 6.02. The van der Waals surface area contributed by atoms with Crippen LogP contribution in [0, 0.1) is 0 Å². The summed E-state index contributed by atoms with van der Waals surface area (Å²) in [7, 11) is 0. The summed E-state index contributed by atoms with van der Waals surface area (Å²) >= 11 is 0. The molecule has 0 heterocycles. The van der Waals surface area contributed by atoms with Gasteiger partial charge in [-0.15, -0.1) is 0 Å². The van der Waals surface area contributed by atoms with Crippen molar-refractivity contribution in [3.8, 4) is 5.75 Å². The van der Waals surface area contributed by atoms with Gasteiger partial charge in [0.2, 0.25) is 5.91 Å². The maximum absolute atomic E-state index is 12.9. The number of benzene rings is 1. The molecule has 1 N–H and O–H groups in total. The molecule has 0 bridgehead atoms. The van der Waals surface area contributed by atoms with Gasteiger partial charge in [0, 0.05) is 19.0 Å². The van der Waals surface area contributed by atoms with Crippen LogP contribution in [0.25, 0.3) is 6.08 Å². The highest BCUT2D eigenvalue weighted by atomic mass is 19.3. The van der Waals surface area contributed by atoms with Crippen LogP contribution in [0.1, 0.15) is 38.3 Å². The van der Waals surface area contributed by atoms with E-state index in [0.29, 0.717) is 5.56 Å². The van der Waals surface area contributed by atoms with Crippen LogP contribution in [0.5, 0.6) is 5.75 Å². The van der Waals surface area contributed by atoms with Crippen LogP contribution in [0.3, 0.4) is 0 Å². The Labute approximate surface area is 121 Å². The molecule has 0 unspecified atom stereocenters. The number of nitrogens with one attached hydrogen (secondary N) is 1. The molecule has 0 atom stereocenters. The van der Waals surface area contributed by atoms with E-state index in [1.165, 1.54) is 30.4 Å². The molecule has 1 amide bonds. The van der Waals surface area contributed by atoms with Crippen LogP contribution in [0.2, 0.25) is 0 Å². The average Bonchev–Trinajstić information content (AvgIpc) is 2.35. The zero-order chi connectivity index (χ0) is 16.0. The molecule has 21 heavy (non-hydrogen) atoms. The summed E-state index contributed by atoms with van der Waals surface area (Å²) in [5.41, 5.74) is 0.0247. The van der Waals surface area contributed by atoms with Crippen LogP contribution in [-0.4, -0.2) is 17.9 Å². The number of hydrogen-bond acceptors (Lipinski definition) is 3. The molecular weight excluding hydrogens is 280 g/mol. The van der Waals surface area contributed by atoms with E-state index >= 15 is 0 Å². The first-order chi connectivity index (χ1) is 9.79. The van der Waals surface area contributed by atoms with Gasteiger partial charge in [-0.2, -0.15) is 0 Å². The first-order valence-corrected chi connectivity index (χ1v) is 6.38. The Morgan fingerprint density at radius 2 is 1.95 bits per heavy atom. The number of amides is 1. The summed E-state index contributed by atoms with van der Waals surface area (Å²) < 4.78 is 30.6. The van der Waals surface area contributed by atoms with E-state index in [1.807, 2.05) is 13.8 Å². The molecule has 0 aliphatic rings. The summed E-state index contributed by atoms with van der Waals surface area (Å²) in [5, 5.41) is 2.64. The van der Waals surface area contributed by atoms with Gasteiger partial charge in [-0.3, -0.25) is 9.59 Å². The van der Waals surface area contributed by atoms with Crippen LogP contribution in [0.15, 0.2) is 24.3 Å². The molecule has 6 heteroatoms. The van der Waals surface area contributed by atoms with Crippen molar-refractivity contribution < 1.29 is 23.1 Å². The molecule has 0 saturated heterocycles. The van der Waals surface area contributed by atoms with Crippen molar-refractivity contribution in [2.45, 2.75) is 33.2 Å². The summed E-state index contributed by atoms with van der Waals surface area (Å²) in [5.74, 6) is -1.16. The van der Waals surface area contributed by atoms with Gasteiger partial charge >= 0.3 is 5.97 Å². The molecule has 1 aromatic rings. The van der Waals surface area contributed by atoms with Gasteiger partial charge in [-0.05, 0) is 37.6 Å². The normalized spacial score (nSPS) is 11.2. The monoisotopic (exact) mass is 297 g/mol. The molecule has 1 aromatic carbocycles. The van der Waals surface area contributed by atoms with E-state index in [9.17, 15) is 18.4 Å². The van der Waals surface area contributed by atoms with Gasteiger partial charge in [0.15, 0.2) is 0 Å². The van der Waals surface area contributed by atoms with E-state index in [-0.39, 0.29) is 17.7 Å². The van der Waals surface area contributed by atoms with Gasteiger partial charge in [0.25, 0.3) is 6.43 Å². The highest BCUT2D eigenvalue weighted by molar-refractivity contribution is 5.91. The highest BCUT2D eigenvalue weighted by Gasteiger charge is 2.15. The number of carbonyl (C=O) groups is 2. The largest absolute Gasteiger partial charge is 0.426 e. The first kappa shape index (κ1) is 16.8. The molecule has 4 nitrogen and oxygen atoms in total. The number of hydrogen-bond donors (Lipinski definition) is 1. The number of esters is 1. The molecule has 0 radical (unpaired) electrons. The SMILES string of the molecule is CC(=O)Oc1ccc(/C=C/C(=O)NC(C)C)cc1C(F)F. The van der Waals surface area contributed by atoms with Crippen molar-refractivity contribution in [1.29, 1.82) is 0 Å². The van der Waals surface area contributed by atoms with E-state index in [1.54, 1.807) is 0 Å². The summed E-state index contributed by atoms with van der Waals surface area (Å²) in [6.07, 6.45) is -0.103. The Morgan fingerprint density at radius 3 is 2.48 bits per heavy atom. The number of rotatable bonds is 5. The van der Waals surface area contributed by atoms with Crippen LogP contribution in [-0.2, 0) is 9.59 Å². The third kappa shape index (κ3) is 5.72. The molecule has 0 aliphatic carbocycles. The average molecular weight is 297 g/mol. The fraction of sp³-hybridized carbons (Fsp3) is 0.333. The predicted molar refractivity (Wildman–Crippen MR) is 75.0 cm³/mol. The first-order valence-electron chi connectivity index (χ1n) is 6.38. The van der Waals surface area contributed by atoms with E-state index in [0.717, 1.165) is 6.92 Å². The van der Waals surface area contributed by atoms with Crippen molar-refractivity contribution >= 4 is 18.0 Å². The van der Waals surface area contributed by atoms with E-state index < -0.39 is 18.0 Å². The summed E-state index contributed by atoms with van der Waals surface area (Å²) in [6, 6.07) is 3.94. The molecule has 0 spiro atoms. The van der Waals surface area contributed by atoms with Crippen molar-refractivity contribution in [2.24, 2.45) is 0 Å². The van der Waals surface area contributed by atoms with Crippen molar-refractivity contribution in [3.63, 3.8) is 0 Å². The smallest absolute Gasteiger partial charge is 0.308 e. The third-order valence-electron chi connectivity index (χ3n) is 2.38. The predicted octanol–water partition coefficient (Wildman–Crippen LogP) is 3.09. The van der Waals surface area contributed by atoms with Crippen molar-refractivity contribution in [3.05, 3.63) is 35.4 Å². The van der Waals surface area contributed by atoms with Crippen LogP contribution in [0.4, 0.5) is 8.78 Å². The zero-order valence-corrected chi connectivity index (χ0v) is 12.0. The van der Waals surface area contributed by atoms with Gasteiger partial charge in [-0.1, -0.05) is 6.07 Å². The minimum atomic E-state index is -2.78. The van der Waals surface area contributed by atoms with Gasteiger partial charge < -0.3 is 10.1 Å². The number of ether oxygens (including phenoxy) is 1. The lowest BCUT2D eigenvalue weighted by Crippen LogP contribution is -2.28. The lowest BCUT2D eigenvalue weighted by Gasteiger charge is -2.09. The Morgan fingerprint density at radius 1 is 1.29 bits per heavy atom. The fourth-order valence-electron chi connectivity index (χ4n) is 1.59. The molecule has 1 rings (SSSR count). The lowest BCUT2D eigenvalue weighted by atomic mass is 10.1. The maximum atomic E-state index is 12.9. The second-order valence-corrected chi connectivity index (χ2v) is 4.69. The van der Waals surface area contributed by atoms with E-state index in [4.69, 9.17) is 4.74 Å². The van der Waals surface area contributed by atoms with Gasteiger partial charge in [-0.25, -0.2) is 8.78 Å². The van der Waals surface area contributed by atoms with Crippen molar-refractivity contribution in [2.75, 3.05) is 0 Å². The molecule has 0 aromatic heterocycles. The maximum Gasteiger partial charge on any atom is 0.308 e. The number of alkyl halides is 2. The zero-order valence-electron chi connectivity index (χ0n) is 12.0. The minimum absolute atomic E-state index is 0.00915. The molecule has 114 valence electrons. The molecular formula is C15H17F2NO3. The Hall–Kier alpha value is -2.24. The molecule has 0 aliphatic heterocycles. The Balaban J connectivity index is 2.95. The van der Waals surface area contributed by atoms with Crippen LogP contribution < -0.4 is 10.1 Å². The minimum Gasteiger partial charge on any atom is -0.426 e. The lowest BCUT2D eigenvalue weighted by molar-refractivity contribution is -0.132. The van der Waals surface area contributed by atoms with E-state index in [2.05, 4.69) is 5.32 Å². The van der Waals surface area contributed by atoms with Crippen molar-refractivity contribution in [1.82, 2.24) is 5.32 Å². The quantitative estimate of drug-likeness (QED) is 0.516. The molecule has 0 saturated carbocycles. The Bertz CT molecular complexity index is 554. The second-order valence-electron chi connectivity index (χ2n) is 4.69. The second kappa shape index (κ2) is 7.52. The highest BCUT2D eigenvalue weighted by Crippen LogP contribution is 2.30. The fourth-order valence-corrected chi connectivity index (χ4v) is 1.59. The van der Waals surface area contributed by atoms with Gasteiger partial charge in [0.1, 0.15) is 5.75 Å². The van der Waals surface area contributed by atoms with Gasteiger partial charge in [0.05, 0.1) is 5.56 Å².